The maximum Gasteiger partial charge on any atom is 0.242 e. The van der Waals surface area contributed by atoms with E-state index in [-0.39, 0.29) is 11.1 Å². The molecule has 12 N–H and O–H groups in total. The van der Waals surface area contributed by atoms with Crippen LogP contribution in [0.15, 0.2) is 60.7 Å². The summed E-state index contributed by atoms with van der Waals surface area (Å²) in [6, 6.07) is 14.8. The number of hydrogen-bond donors (Lipinski definition) is 10. The van der Waals surface area contributed by atoms with Crippen LogP contribution >= 0.6 is 0 Å². The molecule has 0 unspecified atom stereocenters. The highest BCUT2D eigenvalue weighted by Gasteiger charge is 2.69. The van der Waals surface area contributed by atoms with E-state index in [1.807, 2.05) is 0 Å². The van der Waals surface area contributed by atoms with Crippen molar-refractivity contribution < 1.29 is 55.1 Å². The van der Waals surface area contributed by atoms with E-state index in [0.29, 0.717) is 0 Å². The first-order valence-electron chi connectivity index (χ1n) is 11.5. The summed E-state index contributed by atoms with van der Waals surface area (Å²) in [5, 5.41) is 85.9. The van der Waals surface area contributed by atoms with Crippen molar-refractivity contribution in [3.05, 3.63) is 71.8 Å². The number of aliphatic hydroxyl groups is 8. The lowest BCUT2D eigenvalue weighted by Gasteiger charge is -2.57. The van der Waals surface area contributed by atoms with E-state index in [1.54, 1.807) is 12.1 Å². The highest BCUT2D eigenvalue weighted by atomic mass is 16.8. The minimum atomic E-state index is -2.96. The highest BCUT2D eigenvalue weighted by molar-refractivity contribution is 5.29. The fourth-order valence-electron chi connectivity index (χ4n) is 4.80. The molecule has 0 aliphatic carbocycles. The van der Waals surface area contributed by atoms with Crippen LogP contribution in [-0.2, 0) is 25.8 Å². The fraction of sp³-hybridized carbons (Fsp3) is 0.500. The number of hydrogen-bond acceptors (Lipinski definition) is 13. The van der Waals surface area contributed by atoms with Gasteiger partial charge in [0.05, 0.1) is 13.2 Å². The molecule has 13 heteroatoms. The Morgan fingerprint density at radius 1 is 0.703 bits per heavy atom. The first kappa shape index (κ1) is 27.9. The average molecular weight is 525 g/mol. The van der Waals surface area contributed by atoms with Gasteiger partial charge in [-0.05, 0) is 0 Å². The maximum absolute atomic E-state index is 11.3. The van der Waals surface area contributed by atoms with Crippen LogP contribution in [0.25, 0.3) is 0 Å². The van der Waals surface area contributed by atoms with E-state index in [2.05, 4.69) is 0 Å². The van der Waals surface area contributed by atoms with E-state index in [4.69, 9.17) is 25.7 Å². The molecule has 4 rings (SSSR count). The third-order valence-corrected chi connectivity index (χ3v) is 6.97. The van der Waals surface area contributed by atoms with Crippen LogP contribution in [0.1, 0.15) is 11.1 Å². The van der Waals surface area contributed by atoms with Crippen molar-refractivity contribution in [1.29, 1.82) is 0 Å². The summed E-state index contributed by atoms with van der Waals surface area (Å²) in [6.45, 7) is -1.73. The van der Waals surface area contributed by atoms with Gasteiger partial charge in [-0.3, -0.25) is 11.5 Å². The third-order valence-electron chi connectivity index (χ3n) is 6.97. The molecule has 0 aromatic heterocycles. The quantitative estimate of drug-likeness (QED) is 0.163. The summed E-state index contributed by atoms with van der Waals surface area (Å²) < 4.78 is 17.4. The van der Waals surface area contributed by atoms with Gasteiger partial charge in [0.1, 0.15) is 36.6 Å². The van der Waals surface area contributed by atoms with Crippen LogP contribution < -0.4 is 11.5 Å². The largest absolute Gasteiger partial charge is 0.394 e. The van der Waals surface area contributed by atoms with E-state index in [0.717, 1.165) is 0 Å². The van der Waals surface area contributed by atoms with Gasteiger partial charge in [-0.25, -0.2) is 0 Å². The van der Waals surface area contributed by atoms with Gasteiger partial charge in [-0.2, -0.15) is 0 Å². The van der Waals surface area contributed by atoms with Gasteiger partial charge in [0.25, 0.3) is 0 Å². The first-order valence-corrected chi connectivity index (χ1v) is 11.5. The lowest BCUT2D eigenvalue weighted by molar-refractivity contribution is -0.459. The van der Waals surface area contributed by atoms with Gasteiger partial charge < -0.3 is 55.1 Å². The summed E-state index contributed by atoms with van der Waals surface area (Å²) >= 11 is 0. The number of ether oxygens (including phenoxy) is 3. The molecule has 2 aromatic carbocycles. The fourth-order valence-corrected chi connectivity index (χ4v) is 4.80. The van der Waals surface area contributed by atoms with Crippen molar-refractivity contribution >= 4 is 0 Å². The Morgan fingerprint density at radius 2 is 1.22 bits per heavy atom. The van der Waals surface area contributed by atoms with Gasteiger partial charge >= 0.3 is 0 Å². The van der Waals surface area contributed by atoms with E-state index >= 15 is 0 Å². The van der Waals surface area contributed by atoms with Gasteiger partial charge in [0.15, 0.2) is 0 Å². The normalized spacial score (nSPS) is 44.5. The molecule has 0 amide bonds. The van der Waals surface area contributed by atoms with Crippen molar-refractivity contribution in [3.8, 4) is 0 Å². The van der Waals surface area contributed by atoms with Crippen LogP contribution in [-0.4, -0.2) is 102 Å². The summed E-state index contributed by atoms with van der Waals surface area (Å²) in [5.41, 5.74) is 6.12. The molecule has 2 aliphatic rings. The smallest absolute Gasteiger partial charge is 0.242 e. The zero-order valence-corrected chi connectivity index (χ0v) is 19.6. The monoisotopic (exact) mass is 524 g/mol. The molecule has 37 heavy (non-hydrogen) atoms. The predicted octanol–water partition coefficient (Wildman–Crippen LogP) is -3.77. The molecule has 13 nitrogen and oxygen atoms in total. The molecule has 2 fully saturated rings. The van der Waals surface area contributed by atoms with Gasteiger partial charge in [0.2, 0.25) is 23.0 Å². The molecule has 0 saturated carbocycles. The molecule has 2 aromatic rings. The highest BCUT2D eigenvalue weighted by Crippen LogP contribution is 2.48. The molecule has 10 atom stereocenters. The number of benzene rings is 2. The van der Waals surface area contributed by atoms with Crippen molar-refractivity contribution in [3.63, 3.8) is 0 Å². The Balaban J connectivity index is 1.83. The first-order chi connectivity index (χ1) is 17.4. The molecule has 0 spiro atoms. The summed E-state index contributed by atoms with van der Waals surface area (Å²) in [7, 11) is 0. The number of aliphatic hydroxyl groups excluding tert-OH is 5. The predicted molar refractivity (Wildman–Crippen MR) is 124 cm³/mol. The van der Waals surface area contributed by atoms with E-state index in [1.165, 1.54) is 48.5 Å². The second-order valence-corrected chi connectivity index (χ2v) is 9.28. The van der Waals surface area contributed by atoms with Crippen LogP contribution in [0.4, 0.5) is 0 Å². The Morgan fingerprint density at radius 3 is 1.73 bits per heavy atom. The molecule has 0 bridgehead atoms. The minimum Gasteiger partial charge on any atom is -0.394 e. The topological polar surface area (TPSA) is 242 Å². The lowest BCUT2D eigenvalue weighted by atomic mass is 9.80. The molecular weight excluding hydrogens is 492 g/mol. The van der Waals surface area contributed by atoms with Crippen LogP contribution in [0.5, 0.6) is 0 Å². The van der Waals surface area contributed by atoms with Crippen LogP contribution in [0.3, 0.4) is 0 Å². The second-order valence-electron chi connectivity index (χ2n) is 9.28. The Labute approximate surface area is 211 Å². The van der Waals surface area contributed by atoms with Gasteiger partial charge in [-0.1, -0.05) is 60.7 Å². The lowest BCUT2D eigenvalue weighted by Crippen LogP contribution is -2.80. The zero-order valence-electron chi connectivity index (χ0n) is 19.6. The average Bonchev–Trinajstić information content (AvgIpc) is 2.90. The van der Waals surface area contributed by atoms with Crippen LogP contribution in [0.2, 0.25) is 0 Å². The third kappa shape index (κ3) is 4.18. The van der Waals surface area contributed by atoms with Crippen molar-refractivity contribution in [2.24, 2.45) is 11.5 Å². The van der Waals surface area contributed by atoms with Crippen LogP contribution in [0, 0.1) is 0 Å². The molecule has 204 valence electrons. The molecule has 0 radical (unpaired) electrons. The number of nitrogens with two attached hydrogens (primary N) is 2. The zero-order chi connectivity index (χ0) is 27.2. The van der Waals surface area contributed by atoms with Crippen molar-refractivity contribution in [1.82, 2.24) is 0 Å². The Hall–Kier alpha value is -2.08. The molecule has 2 saturated heterocycles. The van der Waals surface area contributed by atoms with Crippen molar-refractivity contribution in [2.45, 2.75) is 59.6 Å². The summed E-state index contributed by atoms with van der Waals surface area (Å²) in [5.74, 6) is -5.35. The van der Waals surface area contributed by atoms with Gasteiger partial charge in [0, 0.05) is 11.1 Å². The second kappa shape index (κ2) is 9.91. The standard InChI is InChI=1S/C24H32N2O11/c25-21(32)20(31)18(16(12-28)35-23(21,34)13-7-3-1-4-8-13)37-24(14-9-5-2-6-10-14)22(26,33)19(30)17(29)15(11-27)36-24/h1-10,15-20,27-34H,11-12,25-26H2/t15-,16-,17-,18-,19+,20+,21+,22+,23+,24-/m1/s1. The SMILES string of the molecule is N[C@]1(O)[C@@H](O)[C@H](O)[C@@H](CO)O[C@@]1(O[C@@H]1[C@@H](CO)O[C@@](O)(c2ccccc2)[C@@](N)(O)[C@H]1O)c1ccccc1. The number of rotatable bonds is 6. The Kier molecular flexibility index (Phi) is 7.48. The Bertz CT molecular complexity index is 1060. The molecule has 2 aliphatic heterocycles. The van der Waals surface area contributed by atoms with E-state index in [9.17, 15) is 40.9 Å². The molecule has 2 heterocycles. The summed E-state index contributed by atoms with van der Waals surface area (Å²) in [6.07, 6.45) is -11.2. The van der Waals surface area contributed by atoms with Crippen molar-refractivity contribution in [2.75, 3.05) is 13.2 Å². The molecular formula is C24H32N2O11. The van der Waals surface area contributed by atoms with E-state index < -0.39 is 72.9 Å². The maximum atomic E-state index is 11.3. The summed E-state index contributed by atoms with van der Waals surface area (Å²) in [4.78, 5) is 0. The minimum absolute atomic E-state index is 0.0299. The van der Waals surface area contributed by atoms with Gasteiger partial charge in [-0.15, -0.1) is 0 Å².